The van der Waals surface area contributed by atoms with E-state index in [1.165, 1.54) is 56.2 Å². The first-order chi connectivity index (χ1) is 9.81. The highest BCUT2D eigenvalue weighted by Gasteiger charge is 2.14. The lowest BCUT2D eigenvalue weighted by Gasteiger charge is -2.21. The first-order valence-corrected chi connectivity index (χ1v) is 9.12. The summed E-state index contributed by atoms with van der Waals surface area (Å²) in [7, 11) is 0. The molecule has 0 spiro atoms. The molecule has 1 N–H and O–H groups in total. The van der Waals surface area contributed by atoms with Gasteiger partial charge in [-0.15, -0.1) is 11.3 Å². The van der Waals surface area contributed by atoms with Crippen molar-refractivity contribution in [2.45, 2.75) is 71.3 Å². The summed E-state index contributed by atoms with van der Waals surface area (Å²) >= 11 is 2.00. The zero-order valence-electron chi connectivity index (χ0n) is 13.1. The normalized spacial score (nSPS) is 17.0. The van der Waals surface area contributed by atoms with E-state index in [1.54, 1.807) is 10.5 Å². The molecule has 2 heteroatoms. The van der Waals surface area contributed by atoms with Gasteiger partial charge in [0.1, 0.15) is 0 Å². The molecule has 112 valence electrons. The fraction of sp³-hybridized carbons (Fsp3) is 0.667. The van der Waals surface area contributed by atoms with E-state index in [4.69, 9.17) is 0 Å². The molecule has 0 aliphatic heterocycles. The lowest BCUT2D eigenvalue weighted by atomic mass is 9.93. The molecule has 1 aromatic rings. The number of hydrogen-bond acceptors (Lipinski definition) is 2. The Kier molecular flexibility index (Phi) is 6.81. The summed E-state index contributed by atoms with van der Waals surface area (Å²) in [5.41, 5.74) is 1.69. The molecule has 2 rings (SSSR count). The Bertz CT molecular complexity index is 419. The Labute approximate surface area is 128 Å². The highest BCUT2D eigenvalue weighted by Crippen LogP contribution is 2.24. The van der Waals surface area contributed by atoms with Gasteiger partial charge in [-0.2, -0.15) is 0 Å². The minimum absolute atomic E-state index is 0.627. The van der Waals surface area contributed by atoms with Crippen LogP contribution in [0, 0.1) is 0 Å². The molecule has 1 aliphatic carbocycles. The fourth-order valence-corrected chi connectivity index (χ4v) is 3.97. The van der Waals surface area contributed by atoms with Gasteiger partial charge in [0.05, 0.1) is 0 Å². The van der Waals surface area contributed by atoms with Crippen LogP contribution >= 0.6 is 11.3 Å². The van der Waals surface area contributed by atoms with Crippen LogP contribution in [0.15, 0.2) is 23.8 Å². The minimum atomic E-state index is 0.627. The van der Waals surface area contributed by atoms with Crippen LogP contribution < -0.4 is 5.32 Å². The summed E-state index contributed by atoms with van der Waals surface area (Å²) in [6.07, 6.45) is 12.7. The molecule has 0 saturated carbocycles. The van der Waals surface area contributed by atoms with Gasteiger partial charge in [0.2, 0.25) is 0 Å². The summed E-state index contributed by atoms with van der Waals surface area (Å²) in [5, 5.41) is 3.76. The summed E-state index contributed by atoms with van der Waals surface area (Å²) in [4.78, 5) is 3.07. The third-order valence-corrected chi connectivity index (χ3v) is 5.34. The average molecular weight is 292 g/mol. The van der Waals surface area contributed by atoms with Crippen LogP contribution in [-0.2, 0) is 12.8 Å². The molecule has 20 heavy (non-hydrogen) atoms. The predicted octanol–water partition coefficient (Wildman–Crippen LogP) is 5.11. The summed E-state index contributed by atoms with van der Waals surface area (Å²) in [6, 6.07) is 5.26. The van der Waals surface area contributed by atoms with Crippen LogP contribution in [0.25, 0.3) is 0 Å². The number of rotatable bonds is 8. The molecule has 1 heterocycles. The molecule has 0 amide bonds. The maximum absolute atomic E-state index is 3.76. The van der Waals surface area contributed by atoms with Gasteiger partial charge < -0.3 is 5.32 Å². The number of nitrogens with one attached hydrogen (secondary N) is 1. The standard InChI is InChI=1S/C18H29NS/c1-3-12-19-16(13-15-8-6-5-7-9-15)14-18-11-10-17(4-2)20-18/h8,10-11,16,19H,3-7,9,12-14H2,1-2H3. The minimum Gasteiger partial charge on any atom is -0.313 e. The first kappa shape index (κ1) is 15.8. The summed E-state index contributed by atoms with van der Waals surface area (Å²) in [5.74, 6) is 0. The second kappa shape index (κ2) is 8.63. The van der Waals surface area contributed by atoms with Crippen molar-refractivity contribution in [2.24, 2.45) is 0 Å². The maximum Gasteiger partial charge on any atom is 0.0152 e. The van der Waals surface area contributed by atoms with Crippen LogP contribution in [0.3, 0.4) is 0 Å². The lowest BCUT2D eigenvalue weighted by Crippen LogP contribution is -2.32. The summed E-state index contributed by atoms with van der Waals surface area (Å²) < 4.78 is 0. The monoisotopic (exact) mass is 291 g/mol. The van der Waals surface area contributed by atoms with E-state index in [1.807, 2.05) is 11.3 Å². The second-order valence-electron chi connectivity index (χ2n) is 5.89. The highest BCUT2D eigenvalue weighted by atomic mass is 32.1. The Balaban J connectivity index is 1.93. The van der Waals surface area contributed by atoms with Crippen molar-refractivity contribution in [3.63, 3.8) is 0 Å². The third-order valence-electron chi connectivity index (χ3n) is 4.09. The zero-order valence-corrected chi connectivity index (χ0v) is 13.9. The summed E-state index contributed by atoms with van der Waals surface area (Å²) in [6.45, 7) is 5.64. The van der Waals surface area contributed by atoms with Crippen LogP contribution in [0.4, 0.5) is 0 Å². The lowest BCUT2D eigenvalue weighted by molar-refractivity contribution is 0.493. The number of aryl methyl sites for hydroxylation is 1. The Morgan fingerprint density at radius 2 is 2.00 bits per heavy atom. The van der Waals surface area contributed by atoms with E-state index in [2.05, 4.69) is 37.4 Å². The Morgan fingerprint density at radius 1 is 1.15 bits per heavy atom. The van der Waals surface area contributed by atoms with E-state index in [-0.39, 0.29) is 0 Å². The van der Waals surface area contributed by atoms with Crippen molar-refractivity contribution < 1.29 is 0 Å². The van der Waals surface area contributed by atoms with E-state index in [0.29, 0.717) is 6.04 Å². The Hall–Kier alpha value is -0.600. The van der Waals surface area contributed by atoms with E-state index in [0.717, 1.165) is 6.54 Å². The molecule has 1 aromatic heterocycles. The first-order valence-electron chi connectivity index (χ1n) is 8.30. The SMILES string of the molecule is CCCNC(CC1=CCCCC1)Cc1ccc(CC)s1. The highest BCUT2D eigenvalue weighted by molar-refractivity contribution is 7.11. The van der Waals surface area contributed by atoms with Gasteiger partial charge >= 0.3 is 0 Å². The van der Waals surface area contributed by atoms with Crippen LogP contribution in [0.5, 0.6) is 0 Å². The van der Waals surface area contributed by atoms with Gasteiger partial charge in [0, 0.05) is 15.8 Å². The van der Waals surface area contributed by atoms with Gasteiger partial charge in [-0.25, -0.2) is 0 Å². The molecule has 1 nitrogen and oxygen atoms in total. The van der Waals surface area contributed by atoms with Crippen molar-refractivity contribution in [1.82, 2.24) is 5.32 Å². The van der Waals surface area contributed by atoms with E-state index < -0.39 is 0 Å². The molecular weight excluding hydrogens is 262 g/mol. The second-order valence-corrected chi connectivity index (χ2v) is 7.14. The quantitative estimate of drug-likeness (QED) is 0.656. The maximum atomic E-state index is 3.76. The van der Waals surface area contributed by atoms with Crippen molar-refractivity contribution in [3.8, 4) is 0 Å². The molecule has 1 unspecified atom stereocenters. The van der Waals surface area contributed by atoms with Gasteiger partial charge in [0.25, 0.3) is 0 Å². The van der Waals surface area contributed by atoms with Gasteiger partial charge in [-0.05, 0) is 70.0 Å². The topological polar surface area (TPSA) is 12.0 Å². The number of hydrogen-bond donors (Lipinski definition) is 1. The molecule has 0 bridgehead atoms. The van der Waals surface area contributed by atoms with E-state index in [9.17, 15) is 0 Å². The van der Waals surface area contributed by atoms with Crippen LogP contribution in [-0.4, -0.2) is 12.6 Å². The molecule has 0 radical (unpaired) electrons. The molecule has 0 aromatic carbocycles. The molecule has 1 atom stereocenters. The van der Waals surface area contributed by atoms with Crippen LogP contribution in [0.2, 0.25) is 0 Å². The molecule has 0 saturated heterocycles. The molecular formula is C18H29NS. The number of thiophene rings is 1. The predicted molar refractivity (Wildman–Crippen MR) is 90.7 cm³/mol. The smallest absolute Gasteiger partial charge is 0.0152 e. The van der Waals surface area contributed by atoms with E-state index >= 15 is 0 Å². The third kappa shape index (κ3) is 5.06. The Morgan fingerprint density at radius 3 is 2.65 bits per heavy atom. The molecule has 0 fully saturated rings. The number of allylic oxidation sites excluding steroid dienone is 1. The fourth-order valence-electron chi connectivity index (χ4n) is 2.94. The van der Waals surface area contributed by atoms with Gasteiger partial charge in [-0.1, -0.05) is 25.5 Å². The largest absolute Gasteiger partial charge is 0.313 e. The van der Waals surface area contributed by atoms with Gasteiger partial charge in [-0.3, -0.25) is 0 Å². The average Bonchev–Trinajstić information content (AvgIpc) is 2.93. The molecule has 1 aliphatic rings. The zero-order chi connectivity index (χ0) is 14.2. The van der Waals surface area contributed by atoms with Crippen molar-refractivity contribution in [1.29, 1.82) is 0 Å². The van der Waals surface area contributed by atoms with Crippen molar-refractivity contribution in [3.05, 3.63) is 33.5 Å². The van der Waals surface area contributed by atoms with Gasteiger partial charge in [0.15, 0.2) is 0 Å². The van der Waals surface area contributed by atoms with Crippen LogP contribution in [0.1, 0.15) is 62.1 Å². The van der Waals surface area contributed by atoms with Crippen molar-refractivity contribution >= 4 is 11.3 Å². The van der Waals surface area contributed by atoms with Crippen molar-refractivity contribution in [2.75, 3.05) is 6.54 Å².